The van der Waals surface area contributed by atoms with Crippen LogP contribution in [0.4, 0.5) is 0 Å². The summed E-state index contributed by atoms with van der Waals surface area (Å²) in [5.74, 6) is 0.885. The van der Waals surface area contributed by atoms with Gasteiger partial charge in [-0.3, -0.25) is 4.79 Å². The van der Waals surface area contributed by atoms with Crippen molar-refractivity contribution in [2.75, 3.05) is 7.11 Å². The maximum absolute atomic E-state index is 12.0. The van der Waals surface area contributed by atoms with E-state index < -0.39 is 0 Å². The molecular weight excluding hydrogens is 374 g/mol. The Morgan fingerprint density at radius 2 is 1.37 bits per heavy atom. The van der Waals surface area contributed by atoms with Gasteiger partial charge in [0.15, 0.2) is 0 Å². The normalized spacial score (nSPS) is 15.4. The van der Waals surface area contributed by atoms with Crippen molar-refractivity contribution in [1.82, 2.24) is 5.06 Å². The summed E-state index contributed by atoms with van der Waals surface area (Å²) < 4.78 is 4.92. The number of carbonyl (C=O) groups is 1. The van der Waals surface area contributed by atoms with E-state index in [0.717, 1.165) is 0 Å². The molecule has 0 radical (unpaired) electrons. The van der Waals surface area contributed by atoms with Gasteiger partial charge in [0.05, 0.1) is 19.1 Å². The molecule has 4 heteroatoms. The molecule has 0 saturated heterocycles. The summed E-state index contributed by atoms with van der Waals surface area (Å²) in [6.45, 7) is 21.5. The minimum Gasteiger partial charge on any atom is -0.469 e. The van der Waals surface area contributed by atoms with Crippen LogP contribution in [0.5, 0.6) is 0 Å². The molecule has 0 aliphatic rings. The molecule has 1 aromatic carbocycles. The second-order valence-corrected chi connectivity index (χ2v) is 10.1. The number of carbonyl (C=O) groups excluding carboxylic acids is 1. The Morgan fingerprint density at radius 3 is 1.70 bits per heavy atom. The molecule has 0 heterocycles. The fourth-order valence-electron chi connectivity index (χ4n) is 4.26. The Kier molecular flexibility index (Phi) is 10.0. The SMILES string of the molecule is COC(=O)[C@@H](C)C[C@@H](C(C)C)N(O)[C@@H](C)c1c(C(C)C)cc(C(C)C)cc1C(C)C. The average Bonchev–Trinajstić information content (AvgIpc) is 2.68. The summed E-state index contributed by atoms with van der Waals surface area (Å²) in [7, 11) is 1.42. The molecule has 1 rings (SSSR count). The summed E-state index contributed by atoms with van der Waals surface area (Å²) in [4.78, 5) is 12.0. The summed E-state index contributed by atoms with van der Waals surface area (Å²) in [6.07, 6.45) is 0.559. The zero-order valence-electron chi connectivity index (χ0n) is 21.1. The third-order valence-electron chi connectivity index (χ3n) is 6.30. The lowest BCUT2D eigenvalue weighted by Crippen LogP contribution is -2.41. The van der Waals surface area contributed by atoms with E-state index >= 15 is 0 Å². The van der Waals surface area contributed by atoms with Crippen molar-refractivity contribution < 1.29 is 14.7 Å². The molecule has 0 aliphatic carbocycles. The van der Waals surface area contributed by atoms with E-state index in [2.05, 4.69) is 74.4 Å². The lowest BCUT2D eigenvalue weighted by Gasteiger charge is -2.37. The van der Waals surface area contributed by atoms with Crippen molar-refractivity contribution in [3.05, 3.63) is 34.4 Å². The number of hydrogen-bond acceptors (Lipinski definition) is 4. The van der Waals surface area contributed by atoms with Crippen LogP contribution in [0.15, 0.2) is 12.1 Å². The molecule has 30 heavy (non-hydrogen) atoms. The highest BCUT2D eigenvalue weighted by Crippen LogP contribution is 2.39. The van der Waals surface area contributed by atoms with Crippen LogP contribution in [0.1, 0.15) is 122 Å². The molecule has 0 bridgehead atoms. The minimum absolute atomic E-state index is 0.140. The van der Waals surface area contributed by atoms with Crippen molar-refractivity contribution in [2.24, 2.45) is 11.8 Å². The number of hydrogen-bond donors (Lipinski definition) is 1. The third kappa shape index (κ3) is 6.31. The first-order valence-electron chi connectivity index (χ1n) is 11.6. The predicted octanol–water partition coefficient (Wildman–Crippen LogP) is 7.03. The first kappa shape index (κ1) is 26.6. The fraction of sp³-hybridized carbons (Fsp3) is 0.731. The maximum Gasteiger partial charge on any atom is 0.308 e. The van der Waals surface area contributed by atoms with Gasteiger partial charge in [0.1, 0.15) is 0 Å². The standard InChI is InChI=1S/C26H45NO3/c1-15(2)21-13-22(16(3)4)25(23(14-21)17(5)6)20(10)27(29)24(18(7)8)12-19(9)26(28)30-11/h13-20,24,29H,12H2,1-11H3/t19-,20-,24-/m0/s1. The van der Waals surface area contributed by atoms with Crippen molar-refractivity contribution in [3.63, 3.8) is 0 Å². The van der Waals surface area contributed by atoms with Gasteiger partial charge in [-0.1, -0.05) is 74.4 Å². The molecular formula is C26H45NO3. The number of ether oxygens (including phenoxy) is 1. The number of hydroxylamine groups is 2. The first-order chi connectivity index (χ1) is 13.8. The molecule has 0 spiro atoms. The molecule has 0 unspecified atom stereocenters. The molecule has 0 saturated carbocycles. The van der Waals surface area contributed by atoms with Gasteiger partial charge >= 0.3 is 5.97 Å². The van der Waals surface area contributed by atoms with Crippen LogP contribution in [-0.2, 0) is 9.53 Å². The first-order valence-corrected chi connectivity index (χ1v) is 11.6. The van der Waals surface area contributed by atoms with Gasteiger partial charge < -0.3 is 9.94 Å². The largest absolute Gasteiger partial charge is 0.469 e. The number of rotatable bonds is 10. The van der Waals surface area contributed by atoms with Gasteiger partial charge in [0.25, 0.3) is 0 Å². The molecule has 0 aromatic heterocycles. The van der Waals surface area contributed by atoms with Crippen LogP contribution in [0.25, 0.3) is 0 Å². The maximum atomic E-state index is 12.0. The van der Waals surface area contributed by atoms with Gasteiger partial charge in [0, 0.05) is 6.04 Å². The molecule has 4 nitrogen and oxygen atoms in total. The summed E-state index contributed by atoms with van der Waals surface area (Å²) in [6, 6.07) is 4.34. The molecule has 0 amide bonds. The van der Waals surface area contributed by atoms with Crippen molar-refractivity contribution in [2.45, 2.75) is 105 Å². The number of nitrogens with zero attached hydrogens (tertiary/aromatic N) is 1. The third-order valence-corrected chi connectivity index (χ3v) is 6.30. The number of methoxy groups -OCH3 is 1. The van der Waals surface area contributed by atoms with E-state index in [4.69, 9.17) is 4.74 Å². The quantitative estimate of drug-likeness (QED) is 0.326. The van der Waals surface area contributed by atoms with E-state index in [1.54, 1.807) is 0 Å². The monoisotopic (exact) mass is 419 g/mol. The lowest BCUT2D eigenvalue weighted by molar-refractivity contribution is -0.176. The molecule has 3 atom stereocenters. The predicted molar refractivity (Wildman–Crippen MR) is 125 cm³/mol. The Balaban J connectivity index is 3.47. The Labute approximate surface area is 185 Å². The molecule has 172 valence electrons. The second kappa shape index (κ2) is 11.3. The summed E-state index contributed by atoms with van der Waals surface area (Å²) >= 11 is 0. The van der Waals surface area contributed by atoms with Crippen molar-refractivity contribution >= 4 is 5.97 Å². The van der Waals surface area contributed by atoms with Crippen molar-refractivity contribution in [3.8, 4) is 0 Å². The highest BCUT2D eigenvalue weighted by Gasteiger charge is 2.32. The molecule has 0 aliphatic heterocycles. The number of esters is 1. The minimum atomic E-state index is -0.262. The highest BCUT2D eigenvalue weighted by atomic mass is 16.5. The summed E-state index contributed by atoms with van der Waals surface area (Å²) in [5, 5.41) is 12.9. The second-order valence-electron chi connectivity index (χ2n) is 10.1. The summed E-state index contributed by atoms with van der Waals surface area (Å²) in [5.41, 5.74) is 5.19. The van der Waals surface area contributed by atoms with Crippen LogP contribution in [-0.4, -0.2) is 29.4 Å². The van der Waals surface area contributed by atoms with Gasteiger partial charge in [-0.15, -0.1) is 0 Å². The smallest absolute Gasteiger partial charge is 0.308 e. The van der Waals surface area contributed by atoms with Crippen LogP contribution >= 0.6 is 0 Å². The Bertz CT molecular complexity index is 665. The molecule has 1 aromatic rings. The van der Waals surface area contributed by atoms with Gasteiger partial charge in [0.2, 0.25) is 0 Å². The van der Waals surface area contributed by atoms with Crippen LogP contribution in [0.3, 0.4) is 0 Å². The lowest BCUT2D eigenvalue weighted by atomic mass is 9.81. The topological polar surface area (TPSA) is 49.8 Å². The Morgan fingerprint density at radius 1 is 0.900 bits per heavy atom. The van der Waals surface area contributed by atoms with Gasteiger partial charge in [-0.2, -0.15) is 5.06 Å². The Hall–Kier alpha value is -1.39. The zero-order chi connectivity index (χ0) is 23.3. The number of benzene rings is 1. The van der Waals surface area contributed by atoms with Crippen LogP contribution in [0, 0.1) is 11.8 Å². The van der Waals surface area contributed by atoms with E-state index in [1.165, 1.54) is 34.4 Å². The molecule has 0 fully saturated rings. The van der Waals surface area contributed by atoms with E-state index in [1.807, 2.05) is 6.92 Å². The van der Waals surface area contributed by atoms with Crippen LogP contribution in [0.2, 0.25) is 0 Å². The van der Waals surface area contributed by atoms with E-state index in [-0.39, 0.29) is 29.9 Å². The van der Waals surface area contributed by atoms with E-state index in [0.29, 0.717) is 24.2 Å². The fourth-order valence-corrected chi connectivity index (χ4v) is 4.26. The van der Waals surface area contributed by atoms with E-state index in [9.17, 15) is 10.0 Å². The van der Waals surface area contributed by atoms with Crippen molar-refractivity contribution in [1.29, 1.82) is 0 Å². The molecule has 1 N–H and O–H groups in total. The zero-order valence-corrected chi connectivity index (χ0v) is 21.1. The average molecular weight is 420 g/mol. The van der Waals surface area contributed by atoms with Gasteiger partial charge in [-0.25, -0.2) is 0 Å². The van der Waals surface area contributed by atoms with Crippen LogP contribution < -0.4 is 0 Å². The van der Waals surface area contributed by atoms with Gasteiger partial charge in [-0.05, 0) is 59.3 Å². The highest BCUT2D eigenvalue weighted by molar-refractivity contribution is 5.71.